The van der Waals surface area contributed by atoms with Crippen LogP contribution in [0.15, 0.2) is 46.9 Å². The molecule has 2 aromatic rings. The van der Waals surface area contributed by atoms with Crippen LogP contribution in [0.5, 0.6) is 0 Å². The largest absolute Gasteiger partial charge is 0.398 e. The van der Waals surface area contributed by atoms with Crippen LogP contribution in [-0.2, 0) is 13.0 Å². The third-order valence-electron chi connectivity index (χ3n) is 3.91. The Kier molecular flexibility index (Phi) is 3.97. The SMILES string of the molecule is Nc1cccc(Br)c1CN1CCCc2ccccc2C1=O. The lowest BCUT2D eigenvalue weighted by atomic mass is 10.0. The fourth-order valence-corrected chi connectivity index (χ4v) is 3.27. The fourth-order valence-electron chi connectivity index (χ4n) is 2.76. The summed E-state index contributed by atoms with van der Waals surface area (Å²) in [4.78, 5) is 14.6. The summed E-state index contributed by atoms with van der Waals surface area (Å²) in [5.74, 6) is 0.0956. The zero-order valence-corrected chi connectivity index (χ0v) is 13.3. The van der Waals surface area contributed by atoms with Gasteiger partial charge in [-0.25, -0.2) is 0 Å². The molecule has 0 saturated carbocycles. The Hall–Kier alpha value is -1.81. The Balaban J connectivity index is 1.92. The average Bonchev–Trinajstić information content (AvgIpc) is 2.63. The summed E-state index contributed by atoms with van der Waals surface area (Å²) >= 11 is 3.53. The molecule has 2 N–H and O–H groups in total. The van der Waals surface area contributed by atoms with Crippen molar-refractivity contribution in [2.24, 2.45) is 0 Å². The highest BCUT2D eigenvalue weighted by atomic mass is 79.9. The maximum Gasteiger partial charge on any atom is 0.254 e. The Labute approximate surface area is 132 Å². The van der Waals surface area contributed by atoms with Crippen molar-refractivity contribution in [2.75, 3.05) is 12.3 Å². The standard InChI is InChI=1S/C17H17BrN2O/c18-15-8-3-9-16(19)14(15)11-20-10-4-6-12-5-1-2-7-13(12)17(20)21/h1-3,5,7-9H,4,6,10-11,19H2. The highest BCUT2D eigenvalue weighted by Crippen LogP contribution is 2.26. The van der Waals surface area contributed by atoms with Gasteiger partial charge in [0.25, 0.3) is 5.91 Å². The summed E-state index contributed by atoms with van der Waals surface area (Å²) in [6, 6.07) is 13.6. The smallest absolute Gasteiger partial charge is 0.254 e. The number of nitrogens with two attached hydrogens (primary N) is 1. The molecule has 108 valence electrons. The molecular weight excluding hydrogens is 328 g/mol. The Bertz CT molecular complexity index is 664. The van der Waals surface area contributed by atoms with Crippen molar-refractivity contribution in [3.8, 4) is 0 Å². The lowest BCUT2D eigenvalue weighted by Gasteiger charge is -2.22. The lowest BCUT2D eigenvalue weighted by Crippen LogP contribution is -2.30. The molecule has 0 atom stereocenters. The molecule has 0 aromatic heterocycles. The van der Waals surface area contributed by atoms with Crippen molar-refractivity contribution in [1.29, 1.82) is 0 Å². The quantitative estimate of drug-likeness (QED) is 0.845. The van der Waals surface area contributed by atoms with Crippen molar-refractivity contribution >= 4 is 27.5 Å². The van der Waals surface area contributed by atoms with Crippen molar-refractivity contribution in [3.63, 3.8) is 0 Å². The number of rotatable bonds is 2. The topological polar surface area (TPSA) is 46.3 Å². The predicted octanol–water partition coefficient (Wildman–Crippen LogP) is 3.62. The third-order valence-corrected chi connectivity index (χ3v) is 4.66. The highest BCUT2D eigenvalue weighted by Gasteiger charge is 2.23. The van der Waals surface area contributed by atoms with Gasteiger partial charge in [-0.1, -0.05) is 40.2 Å². The first-order valence-electron chi connectivity index (χ1n) is 7.07. The van der Waals surface area contributed by atoms with E-state index in [1.54, 1.807) is 0 Å². The van der Waals surface area contributed by atoms with Crippen LogP contribution in [0, 0.1) is 0 Å². The molecule has 2 aromatic carbocycles. The molecule has 0 saturated heterocycles. The summed E-state index contributed by atoms with van der Waals surface area (Å²) in [5, 5.41) is 0. The summed E-state index contributed by atoms with van der Waals surface area (Å²) in [7, 11) is 0. The van der Waals surface area contributed by atoms with Crippen LogP contribution < -0.4 is 5.73 Å². The predicted molar refractivity (Wildman–Crippen MR) is 88.1 cm³/mol. The number of halogens is 1. The highest BCUT2D eigenvalue weighted by molar-refractivity contribution is 9.10. The molecule has 1 aliphatic rings. The van der Waals surface area contributed by atoms with E-state index >= 15 is 0 Å². The second kappa shape index (κ2) is 5.90. The van der Waals surface area contributed by atoms with Crippen LogP contribution in [0.3, 0.4) is 0 Å². The molecule has 1 heterocycles. The van der Waals surface area contributed by atoms with Gasteiger partial charge in [0.1, 0.15) is 0 Å². The number of fused-ring (bicyclic) bond motifs is 1. The fraction of sp³-hybridized carbons (Fsp3) is 0.235. The molecule has 1 aliphatic heterocycles. The molecule has 21 heavy (non-hydrogen) atoms. The number of carbonyl (C=O) groups is 1. The Morgan fingerprint density at radius 3 is 2.76 bits per heavy atom. The summed E-state index contributed by atoms with van der Waals surface area (Å²) in [6.45, 7) is 1.30. The zero-order valence-electron chi connectivity index (χ0n) is 11.7. The molecule has 0 fully saturated rings. The van der Waals surface area contributed by atoms with Crippen LogP contribution in [0.4, 0.5) is 5.69 Å². The number of carbonyl (C=O) groups excluding carboxylic acids is 1. The average molecular weight is 345 g/mol. The van der Waals surface area contributed by atoms with E-state index in [2.05, 4.69) is 15.9 Å². The van der Waals surface area contributed by atoms with Gasteiger partial charge in [0.15, 0.2) is 0 Å². The minimum absolute atomic E-state index is 0.0956. The van der Waals surface area contributed by atoms with Crippen LogP contribution in [0.2, 0.25) is 0 Å². The number of hydrogen-bond acceptors (Lipinski definition) is 2. The van der Waals surface area contributed by atoms with Crippen LogP contribution >= 0.6 is 15.9 Å². The number of benzene rings is 2. The molecule has 3 rings (SSSR count). The second-order valence-electron chi connectivity index (χ2n) is 5.30. The van der Waals surface area contributed by atoms with Gasteiger partial charge < -0.3 is 10.6 Å². The maximum atomic E-state index is 12.7. The zero-order chi connectivity index (χ0) is 14.8. The minimum Gasteiger partial charge on any atom is -0.398 e. The van der Waals surface area contributed by atoms with E-state index in [0.29, 0.717) is 6.54 Å². The summed E-state index contributed by atoms with van der Waals surface area (Å²) in [6.07, 6.45) is 1.93. The third kappa shape index (κ3) is 2.81. The van der Waals surface area contributed by atoms with Gasteiger partial charge in [-0.3, -0.25) is 4.79 Å². The molecule has 0 bridgehead atoms. The van der Waals surface area contributed by atoms with Crippen molar-refractivity contribution in [2.45, 2.75) is 19.4 Å². The summed E-state index contributed by atoms with van der Waals surface area (Å²) in [5.41, 5.74) is 9.71. The molecule has 1 amide bonds. The number of aryl methyl sites for hydroxylation is 1. The van der Waals surface area contributed by atoms with Gasteiger partial charge in [0.2, 0.25) is 0 Å². The first-order chi connectivity index (χ1) is 10.2. The molecule has 0 spiro atoms. The van der Waals surface area contributed by atoms with Gasteiger partial charge in [-0.05, 0) is 36.6 Å². The molecular formula is C17H17BrN2O. The van der Waals surface area contributed by atoms with E-state index in [4.69, 9.17) is 5.73 Å². The van der Waals surface area contributed by atoms with Gasteiger partial charge in [0.05, 0.1) is 0 Å². The number of nitrogen functional groups attached to an aromatic ring is 1. The van der Waals surface area contributed by atoms with E-state index < -0.39 is 0 Å². The van der Waals surface area contributed by atoms with Crippen LogP contribution in [0.25, 0.3) is 0 Å². The Morgan fingerprint density at radius 1 is 1.14 bits per heavy atom. The van der Waals surface area contributed by atoms with Crippen molar-refractivity contribution in [3.05, 3.63) is 63.6 Å². The molecule has 0 aliphatic carbocycles. The minimum atomic E-state index is 0.0956. The first kappa shape index (κ1) is 14.1. The molecule has 0 radical (unpaired) electrons. The van der Waals surface area contributed by atoms with Gasteiger partial charge in [-0.15, -0.1) is 0 Å². The second-order valence-corrected chi connectivity index (χ2v) is 6.15. The molecule has 3 nitrogen and oxygen atoms in total. The van der Waals surface area contributed by atoms with Crippen molar-refractivity contribution < 1.29 is 4.79 Å². The number of amides is 1. The van der Waals surface area contributed by atoms with Crippen molar-refractivity contribution in [1.82, 2.24) is 4.90 Å². The van der Waals surface area contributed by atoms with Crippen LogP contribution in [-0.4, -0.2) is 17.4 Å². The van der Waals surface area contributed by atoms with E-state index in [-0.39, 0.29) is 5.91 Å². The van der Waals surface area contributed by atoms with Gasteiger partial charge in [0, 0.05) is 34.4 Å². The monoisotopic (exact) mass is 344 g/mol. The number of anilines is 1. The maximum absolute atomic E-state index is 12.7. The lowest BCUT2D eigenvalue weighted by molar-refractivity contribution is 0.0749. The molecule has 0 unspecified atom stereocenters. The van der Waals surface area contributed by atoms with Crippen LogP contribution in [0.1, 0.15) is 27.9 Å². The number of hydrogen-bond donors (Lipinski definition) is 1. The first-order valence-corrected chi connectivity index (χ1v) is 7.86. The van der Waals surface area contributed by atoms with E-state index in [1.807, 2.05) is 47.4 Å². The summed E-state index contributed by atoms with van der Waals surface area (Å²) < 4.78 is 0.952. The normalized spacial score (nSPS) is 14.7. The number of nitrogens with zero attached hydrogens (tertiary/aromatic N) is 1. The Morgan fingerprint density at radius 2 is 1.95 bits per heavy atom. The molecule has 4 heteroatoms. The van der Waals surface area contributed by atoms with E-state index in [0.717, 1.165) is 46.2 Å². The van der Waals surface area contributed by atoms with E-state index in [9.17, 15) is 4.79 Å². The van der Waals surface area contributed by atoms with Gasteiger partial charge >= 0.3 is 0 Å². The van der Waals surface area contributed by atoms with E-state index in [1.165, 1.54) is 0 Å². The van der Waals surface area contributed by atoms with Gasteiger partial charge in [-0.2, -0.15) is 0 Å².